The van der Waals surface area contributed by atoms with Crippen LogP contribution in [0.25, 0.3) is 11.4 Å². The van der Waals surface area contributed by atoms with E-state index >= 15 is 0 Å². The molecule has 0 saturated carbocycles. The Hall–Kier alpha value is -6.00. The van der Waals surface area contributed by atoms with Gasteiger partial charge in [-0.25, -0.2) is 10.4 Å². The maximum Gasteiger partial charge on any atom is 0.254 e. The number of nitrogens with one attached hydrogen (secondary N) is 1. The molecule has 0 radical (unpaired) electrons. The molecule has 1 fully saturated rings. The summed E-state index contributed by atoms with van der Waals surface area (Å²) in [5.74, 6) is 3.54. The molecule has 16 heteroatoms. The molecule has 0 spiro atoms. The molecule has 2 aromatic heterocycles. The number of fused-ring (bicyclic) bond motifs is 1. The van der Waals surface area contributed by atoms with Gasteiger partial charge in [0.25, 0.3) is 5.91 Å². The lowest BCUT2D eigenvalue weighted by Crippen LogP contribution is -2.48. The van der Waals surface area contributed by atoms with Crippen LogP contribution in [0.1, 0.15) is 33.3 Å². The number of aromatic nitrogens is 3. The zero-order valence-electron chi connectivity index (χ0n) is 30.7. The number of nitrogens with zero attached hydrogens (tertiary/aromatic N) is 6. The summed E-state index contributed by atoms with van der Waals surface area (Å²) in [6.45, 7) is 4.52. The standard InChI is InChI=1S/C41H38ClN7O7S/c42-31-7-10-33(11-8-31)52-23-27-1-4-29(5-2-27)41-45-39(56-47-41)22-49-15-13-48(14-16-49)21-38(51)46-43-20-30-6-9-34(19-35(30)50)53-24-32-25-57-40(44-32)18-28-3-12-36-37(17-28)55-26-54-36/h1-12,17,19-20,25,50H,13-16,18,21-24,26H2,(H,46,51)/b43-20+. The third-order valence-electron chi connectivity index (χ3n) is 9.26. The van der Waals surface area contributed by atoms with E-state index in [2.05, 4.69) is 35.5 Å². The Labute approximate surface area is 337 Å². The van der Waals surface area contributed by atoms with Gasteiger partial charge in [-0.1, -0.05) is 47.1 Å². The van der Waals surface area contributed by atoms with Crippen LogP contribution in [0.5, 0.6) is 28.7 Å². The molecule has 4 heterocycles. The van der Waals surface area contributed by atoms with Crippen LogP contribution in [0.2, 0.25) is 5.02 Å². The summed E-state index contributed by atoms with van der Waals surface area (Å²) in [5.41, 5.74) is 6.75. The number of hydrazone groups is 1. The van der Waals surface area contributed by atoms with E-state index in [0.717, 1.165) is 57.7 Å². The van der Waals surface area contributed by atoms with E-state index in [1.54, 1.807) is 35.6 Å². The number of thiazole rings is 1. The average molecular weight is 808 g/mol. The van der Waals surface area contributed by atoms with Gasteiger partial charge in [0, 0.05) is 60.2 Å². The number of hydrogen-bond donors (Lipinski definition) is 2. The van der Waals surface area contributed by atoms with Crippen molar-refractivity contribution in [2.24, 2.45) is 5.10 Å². The molecule has 4 aromatic carbocycles. The number of hydrogen-bond acceptors (Lipinski definition) is 14. The van der Waals surface area contributed by atoms with Crippen molar-refractivity contribution in [3.8, 4) is 40.1 Å². The molecule has 8 rings (SSSR count). The molecule has 1 saturated heterocycles. The van der Waals surface area contributed by atoms with Crippen LogP contribution in [-0.4, -0.2) is 81.7 Å². The topological polar surface area (TPSA) is 157 Å². The molecule has 0 atom stereocenters. The lowest BCUT2D eigenvalue weighted by molar-refractivity contribution is -0.122. The molecule has 0 bridgehead atoms. The van der Waals surface area contributed by atoms with E-state index in [1.165, 1.54) is 12.3 Å². The Balaban J connectivity index is 0.727. The largest absolute Gasteiger partial charge is 0.507 e. The number of phenolic OH excluding ortho intramolecular Hbond substituents is 1. The van der Waals surface area contributed by atoms with Crippen molar-refractivity contribution < 1.29 is 33.4 Å². The van der Waals surface area contributed by atoms with Crippen molar-refractivity contribution >= 4 is 35.1 Å². The van der Waals surface area contributed by atoms with Crippen molar-refractivity contribution in [3.05, 3.63) is 129 Å². The van der Waals surface area contributed by atoms with E-state index in [-0.39, 0.29) is 31.6 Å². The van der Waals surface area contributed by atoms with Gasteiger partial charge >= 0.3 is 0 Å². The number of phenols is 1. The van der Waals surface area contributed by atoms with Crippen LogP contribution in [0.4, 0.5) is 0 Å². The van der Waals surface area contributed by atoms with Gasteiger partial charge in [-0.3, -0.25) is 14.6 Å². The van der Waals surface area contributed by atoms with Crippen molar-refractivity contribution in [2.75, 3.05) is 39.5 Å². The minimum atomic E-state index is -0.246. The van der Waals surface area contributed by atoms with Gasteiger partial charge in [0.05, 0.1) is 30.0 Å². The minimum absolute atomic E-state index is 0.0222. The second-order valence-corrected chi connectivity index (χ2v) is 14.8. The zero-order valence-corrected chi connectivity index (χ0v) is 32.2. The van der Waals surface area contributed by atoms with E-state index in [9.17, 15) is 9.90 Å². The van der Waals surface area contributed by atoms with E-state index in [0.29, 0.717) is 60.7 Å². The summed E-state index contributed by atoms with van der Waals surface area (Å²) in [6.07, 6.45) is 2.08. The van der Waals surface area contributed by atoms with Crippen molar-refractivity contribution in [1.29, 1.82) is 0 Å². The zero-order chi connectivity index (χ0) is 39.0. The van der Waals surface area contributed by atoms with Gasteiger partial charge in [0.2, 0.25) is 18.5 Å². The number of benzene rings is 4. The highest BCUT2D eigenvalue weighted by Gasteiger charge is 2.21. The Morgan fingerprint density at radius 3 is 2.46 bits per heavy atom. The van der Waals surface area contributed by atoms with Gasteiger partial charge in [-0.05, 0) is 59.7 Å². The molecule has 2 aliphatic heterocycles. The predicted molar refractivity (Wildman–Crippen MR) is 213 cm³/mol. The van der Waals surface area contributed by atoms with Crippen molar-refractivity contribution in [1.82, 2.24) is 30.4 Å². The minimum Gasteiger partial charge on any atom is -0.507 e. The highest BCUT2D eigenvalue weighted by molar-refractivity contribution is 7.09. The number of piperazine rings is 1. The van der Waals surface area contributed by atoms with E-state index in [4.69, 9.17) is 35.1 Å². The fourth-order valence-corrected chi connectivity index (χ4v) is 7.13. The lowest BCUT2D eigenvalue weighted by Gasteiger charge is -2.33. The lowest BCUT2D eigenvalue weighted by atomic mass is 10.1. The van der Waals surface area contributed by atoms with Crippen LogP contribution < -0.4 is 24.4 Å². The van der Waals surface area contributed by atoms with Crippen molar-refractivity contribution in [3.63, 3.8) is 0 Å². The fourth-order valence-electron chi connectivity index (χ4n) is 6.19. The normalized spacial score (nSPS) is 14.3. The fraction of sp³-hybridized carbons (Fsp3) is 0.244. The summed E-state index contributed by atoms with van der Waals surface area (Å²) in [5, 5.41) is 22.4. The van der Waals surface area contributed by atoms with E-state index in [1.807, 2.05) is 60.0 Å². The van der Waals surface area contributed by atoms with Gasteiger partial charge in [-0.15, -0.1) is 11.3 Å². The summed E-state index contributed by atoms with van der Waals surface area (Å²) in [4.78, 5) is 26.2. The quantitative estimate of drug-likeness (QED) is 0.0884. The summed E-state index contributed by atoms with van der Waals surface area (Å²) < 4.78 is 28.1. The van der Waals surface area contributed by atoms with E-state index < -0.39 is 0 Å². The molecule has 14 nitrogen and oxygen atoms in total. The number of carbonyl (C=O) groups is 1. The Bertz CT molecular complexity index is 2330. The Kier molecular flexibility index (Phi) is 11.9. The van der Waals surface area contributed by atoms with Crippen LogP contribution in [0.3, 0.4) is 0 Å². The molecule has 57 heavy (non-hydrogen) atoms. The van der Waals surface area contributed by atoms with Crippen LogP contribution in [0, 0.1) is 0 Å². The third-order valence-corrected chi connectivity index (χ3v) is 10.4. The number of aromatic hydroxyl groups is 1. The SMILES string of the molecule is O=C(CN1CCN(Cc2nc(-c3ccc(COc4ccc(Cl)cc4)cc3)no2)CC1)N/N=C/c1ccc(OCc2csc(Cc3ccc4c(c3)OCO4)n2)cc1O. The smallest absolute Gasteiger partial charge is 0.254 e. The third kappa shape index (κ3) is 10.3. The summed E-state index contributed by atoms with van der Waals surface area (Å²) in [6, 6.07) is 25.9. The number of carbonyl (C=O) groups excluding carboxylic acids is 1. The molecule has 2 aliphatic rings. The first-order chi connectivity index (χ1) is 27.9. The highest BCUT2D eigenvalue weighted by atomic mass is 35.5. The number of ether oxygens (including phenoxy) is 4. The molecule has 0 aliphatic carbocycles. The maximum atomic E-state index is 12.6. The van der Waals surface area contributed by atoms with Gasteiger partial charge < -0.3 is 28.6 Å². The Morgan fingerprint density at radius 1 is 0.877 bits per heavy atom. The Morgan fingerprint density at radius 2 is 1.63 bits per heavy atom. The first kappa shape index (κ1) is 37.9. The second-order valence-electron chi connectivity index (χ2n) is 13.4. The van der Waals surface area contributed by atoms with Crippen LogP contribution in [0.15, 0.2) is 99.9 Å². The predicted octanol–water partition coefficient (Wildman–Crippen LogP) is 6.30. The monoisotopic (exact) mass is 807 g/mol. The average Bonchev–Trinajstić information content (AvgIpc) is 4.00. The van der Waals surface area contributed by atoms with Gasteiger partial charge in [0.1, 0.15) is 30.5 Å². The molecular formula is C41H38ClN7O7S. The van der Waals surface area contributed by atoms with Crippen molar-refractivity contribution in [2.45, 2.75) is 26.2 Å². The highest BCUT2D eigenvalue weighted by Crippen LogP contribution is 2.33. The summed E-state index contributed by atoms with van der Waals surface area (Å²) >= 11 is 7.50. The first-order valence-electron chi connectivity index (χ1n) is 18.2. The van der Waals surface area contributed by atoms with Gasteiger partial charge in [0.15, 0.2) is 11.5 Å². The molecule has 6 aromatic rings. The molecular weight excluding hydrogens is 770 g/mol. The van der Waals surface area contributed by atoms with Gasteiger partial charge in [-0.2, -0.15) is 10.1 Å². The van der Waals surface area contributed by atoms with Crippen LogP contribution in [-0.2, 0) is 31.0 Å². The first-order valence-corrected chi connectivity index (χ1v) is 19.5. The van der Waals surface area contributed by atoms with Crippen LogP contribution >= 0.6 is 22.9 Å². The number of halogens is 1. The molecule has 0 unspecified atom stereocenters. The molecule has 1 amide bonds. The number of rotatable bonds is 15. The number of amides is 1. The molecule has 2 N–H and O–H groups in total. The molecule has 292 valence electrons. The maximum absolute atomic E-state index is 12.6. The second kappa shape index (κ2) is 17.9. The summed E-state index contributed by atoms with van der Waals surface area (Å²) in [7, 11) is 0.